The molecule has 0 saturated carbocycles. The van der Waals surface area contributed by atoms with Crippen LogP contribution in [0, 0.1) is 10.8 Å². The lowest BCUT2D eigenvalue weighted by Crippen LogP contribution is -2.32. The Morgan fingerprint density at radius 1 is 1.08 bits per heavy atom. The number of hydrogen-bond acceptors (Lipinski definition) is 2. The average molecular weight is 366 g/mol. The van der Waals surface area contributed by atoms with E-state index in [1.165, 1.54) is 5.56 Å². The summed E-state index contributed by atoms with van der Waals surface area (Å²) in [6.45, 7) is 16.7. The fourth-order valence-corrected chi connectivity index (χ4v) is 5.63. The molecule has 1 aromatic rings. The molecule has 0 N–H and O–H groups in total. The van der Waals surface area contributed by atoms with E-state index in [9.17, 15) is 8.42 Å². The summed E-state index contributed by atoms with van der Waals surface area (Å²) >= 11 is 0. The summed E-state index contributed by atoms with van der Waals surface area (Å²) in [5.41, 5.74) is 1.53. The summed E-state index contributed by atoms with van der Waals surface area (Å²) in [7, 11) is -3.40. The van der Waals surface area contributed by atoms with Gasteiger partial charge >= 0.3 is 0 Å². The Bertz CT molecular complexity index is 698. The highest BCUT2D eigenvalue weighted by molar-refractivity contribution is 7.89. The molecule has 4 heteroatoms. The van der Waals surface area contributed by atoms with Crippen molar-refractivity contribution in [2.75, 3.05) is 13.1 Å². The van der Waals surface area contributed by atoms with Crippen molar-refractivity contribution < 1.29 is 8.42 Å². The Kier molecular flexibility index (Phi) is 5.48. The van der Waals surface area contributed by atoms with Gasteiger partial charge in [-0.25, -0.2) is 8.42 Å². The van der Waals surface area contributed by atoms with Crippen molar-refractivity contribution in [2.45, 2.75) is 78.0 Å². The Balaban J connectivity index is 2.20. The SMILES string of the molecule is CCC(C)(C)c1ccc(S(=O)(=O)N2CCC(C)(CC(C)(C)C)C2)cc1. The van der Waals surface area contributed by atoms with Crippen LogP contribution in [-0.4, -0.2) is 25.8 Å². The van der Waals surface area contributed by atoms with Gasteiger partial charge in [0.15, 0.2) is 0 Å². The predicted molar refractivity (Wildman–Crippen MR) is 105 cm³/mol. The van der Waals surface area contributed by atoms with E-state index in [-0.39, 0.29) is 16.2 Å². The molecule has 1 aliphatic rings. The van der Waals surface area contributed by atoms with Gasteiger partial charge in [0.2, 0.25) is 10.0 Å². The molecular formula is C21H35NO2S. The lowest BCUT2D eigenvalue weighted by Gasteiger charge is -2.32. The monoisotopic (exact) mass is 365 g/mol. The topological polar surface area (TPSA) is 37.4 Å². The molecule has 2 rings (SSSR count). The number of hydrogen-bond donors (Lipinski definition) is 0. The Morgan fingerprint density at radius 3 is 2.12 bits per heavy atom. The lowest BCUT2D eigenvalue weighted by atomic mass is 9.74. The first kappa shape index (κ1) is 20.4. The van der Waals surface area contributed by atoms with Crippen LogP contribution >= 0.6 is 0 Å². The van der Waals surface area contributed by atoms with Gasteiger partial charge < -0.3 is 0 Å². The first-order chi connectivity index (χ1) is 11.3. The molecule has 1 saturated heterocycles. The molecule has 1 heterocycles. The van der Waals surface area contributed by atoms with Crippen LogP contribution in [-0.2, 0) is 15.4 Å². The van der Waals surface area contributed by atoms with Gasteiger partial charge in [-0.3, -0.25) is 0 Å². The zero-order chi connectivity index (χ0) is 19.1. The fraction of sp³-hybridized carbons (Fsp3) is 0.714. The fourth-order valence-electron chi connectivity index (χ4n) is 4.04. The van der Waals surface area contributed by atoms with Crippen LogP contribution in [0.25, 0.3) is 0 Å². The highest BCUT2D eigenvalue weighted by Crippen LogP contribution is 2.42. The van der Waals surface area contributed by atoms with E-state index < -0.39 is 10.0 Å². The third kappa shape index (κ3) is 4.65. The molecule has 0 amide bonds. The standard InChI is InChI=1S/C21H35NO2S/c1-8-20(5,6)17-9-11-18(12-10-17)25(23,24)22-14-13-21(7,16-22)15-19(2,3)4/h9-12H,8,13-16H2,1-7H3. The average Bonchev–Trinajstić information content (AvgIpc) is 2.88. The van der Waals surface area contributed by atoms with Gasteiger partial charge in [0, 0.05) is 13.1 Å². The summed E-state index contributed by atoms with van der Waals surface area (Å²) < 4.78 is 27.8. The second kappa shape index (κ2) is 6.70. The number of sulfonamides is 1. The second-order valence-electron chi connectivity index (χ2n) is 9.90. The maximum Gasteiger partial charge on any atom is 0.243 e. The second-order valence-corrected chi connectivity index (χ2v) is 11.8. The number of benzene rings is 1. The van der Waals surface area contributed by atoms with Gasteiger partial charge in [0.1, 0.15) is 0 Å². The van der Waals surface area contributed by atoms with Gasteiger partial charge in [0.05, 0.1) is 4.90 Å². The molecule has 1 fully saturated rings. The van der Waals surface area contributed by atoms with Crippen molar-refractivity contribution in [1.29, 1.82) is 0 Å². The van der Waals surface area contributed by atoms with Crippen molar-refractivity contribution in [3.63, 3.8) is 0 Å². The van der Waals surface area contributed by atoms with Crippen LogP contribution in [0.15, 0.2) is 29.2 Å². The van der Waals surface area contributed by atoms with Crippen molar-refractivity contribution in [3.05, 3.63) is 29.8 Å². The summed E-state index contributed by atoms with van der Waals surface area (Å²) in [4.78, 5) is 0.420. The summed E-state index contributed by atoms with van der Waals surface area (Å²) in [6, 6.07) is 7.50. The predicted octanol–water partition coefficient (Wildman–Crippen LogP) is 5.21. The first-order valence-corrected chi connectivity index (χ1v) is 10.8. The molecule has 0 radical (unpaired) electrons. The van der Waals surface area contributed by atoms with E-state index in [0.29, 0.717) is 18.0 Å². The van der Waals surface area contributed by atoms with Crippen LogP contribution in [0.2, 0.25) is 0 Å². The van der Waals surface area contributed by atoms with Crippen molar-refractivity contribution in [2.24, 2.45) is 10.8 Å². The van der Waals surface area contributed by atoms with E-state index >= 15 is 0 Å². The summed E-state index contributed by atoms with van der Waals surface area (Å²) in [5.74, 6) is 0. The Labute approximate surface area is 154 Å². The van der Waals surface area contributed by atoms with E-state index in [2.05, 4.69) is 48.5 Å². The molecule has 142 valence electrons. The normalized spacial score (nSPS) is 23.2. The minimum absolute atomic E-state index is 0.0649. The molecule has 0 aromatic heterocycles. The first-order valence-electron chi connectivity index (χ1n) is 9.40. The molecule has 1 unspecified atom stereocenters. The number of nitrogens with zero attached hydrogens (tertiary/aromatic N) is 1. The van der Waals surface area contributed by atoms with Gasteiger partial charge in [-0.1, -0.05) is 60.6 Å². The molecule has 0 bridgehead atoms. The van der Waals surface area contributed by atoms with E-state index in [4.69, 9.17) is 0 Å². The zero-order valence-electron chi connectivity index (χ0n) is 17.0. The third-order valence-corrected chi connectivity index (χ3v) is 7.50. The molecule has 25 heavy (non-hydrogen) atoms. The van der Waals surface area contributed by atoms with Crippen LogP contribution in [0.3, 0.4) is 0 Å². The molecule has 3 nitrogen and oxygen atoms in total. The smallest absolute Gasteiger partial charge is 0.207 e. The Morgan fingerprint density at radius 2 is 1.64 bits per heavy atom. The highest BCUT2D eigenvalue weighted by atomic mass is 32.2. The highest BCUT2D eigenvalue weighted by Gasteiger charge is 2.41. The van der Waals surface area contributed by atoms with Gasteiger partial charge in [0.25, 0.3) is 0 Å². The van der Waals surface area contributed by atoms with Crippen molar-refractivity contribution >= 4 is 10.0 Å². The van der Waals surface area contributed by atoms with Gasteiger partial charge in [-0.05, 0) is 53.2 Å². The van der Waals surface area contributed by atoms with Crippen LogP contribution in [0.1, 0.15) is 73.3 Å². The zero-order valence-corrected chi connectivity index (χ0v) is 17.8. The van der Waals surface area contributed by atoms with Gasteiger partial charge in [-0.15, -0.1) is 0 Å². The van der Waals surface area contributed by atoms with E-state index in [1.54, 1.807) is 16.4 Å². The third-order valence-electron chi connectivity index (χ3n) is 5.64. The molecule has 1 atom stereocenters. The van der Waals surface area contributed by atoms with E-state index in [0.717, 1.165) is 19.3 Å². The Hall–Kier alpha value is -0.870. The van der Waals surface area contributed by atoms with Gasteiger partial charge in [-0.2, -0.15) is 4.31 Å². The molecular weight excluding hydrogens is 330 g/mol. The summed E-state index contributed by atoms with van der Waals surface area (Å²) in [5, 5.41) is 0. The lowest BCUT2D eigenvalue weighted by molar-refractivity contribution is 0.204. The minimum Gasteiger partial charge on any atom is -0.207 e. The molecule has 0 aliphatic carbocycles. The quantitative estimate of drug-likeness (QED) is 0.718. The largest absolute Gasteiger partial charge is 0.243 e. The molecule has 1 aromatic carbocycles. The minimum atomic E-state index is -3.40. The maximum atomic E-state index is 13.0. The molecule has 0 spiro atoms. The van der Waals surface area contributed by atoms with Crippen LogP contribution in [0.4, 0.5) is 0 Å². The maximum absolute atomic E-state index is 13.0. The van der Waals surface area contributed by atoms with E-state index in [1.807, 2.05) is 12.1 Å². The molecule has 1 aliphatic heterocycles. The summed E-state index contributed by atoms with van der Waals surface area (Å²) in [6.07, 6.45) is 3.00. The van der Waals surface area contributed by atoms with Crippen molar-refractivity contribution in [1.82, 2.24) is 4.31 Å². The number of rotatable bonds is 5. The van der Waals surface area contributed by atoms with Crippen molar-refractivity contribution in [3.8, 4) is 0 Å². The van der Waals surface area contributed by atoms with Crippen LogP contribution in [0.5, 0.6) is 0 Å². The van der Waals surface area contributed by atoms with Crippen LogP contribution < -0.4 is 0 Å².